The van der Waals surface area contributed by atoms with Gasteiger partial charge in [0, 0.05) is 5.69 Å². The SMILES string of the molecule is CCc1ccc(NC(=O)CN2C(=O)S/C(=C\c3coc4ccccc4c3=O)C2=O)cc1. The quantitative estimate of drug-likeness (QED) is 0.609. The van der Waals surface area contributed by atoms with E-state index in [0.717, 1.165) is 16.9 Å². The second kappa shape index (κ2) is 8.61. The summed E-state index contributed by atoms with van der Waals surface area (Å²) in [5, 5.41) is 2.48. The van der Waals surface area contributed by atoms with E-state index in [4.69, 9.17) is 4.42 Å². The van der Waals surface area contributed by atoms with Crippen LogP contribution in [-0.2, 0) is 16.0 Å². The summed E-state index contributed by atoms with van der Waals surface area (Å²) >= 11 is 0.682. The Morgan fingerprint density at radius 3 is 2.58 bits per heavy atom. The Bertz CT molecular complexity index is 1280. The molecule has 0 saturated carbocycles. The zero-order valence-corrected chi connectivity index (χ0v) is 17.4. The highest BCUT2D eigenvalue weighted by Gasteiger charge is 2.36. The molecule has 2 aromatic carbocycles. The first-order valence-electron chi connectivity index (χ1n) is 9.61. The van der Waals surface area contributed by atoms with Crippen molar-refractivity contribution in [1.29, 1.82) is 0 Å². The zero-order valence-electron chi connectivity index (χ0n) is 16.6. The van der Waals surface area contributed by atoms with E-state index in [1.807, 2.05) is 19.1 Å². The molecule has 0 atom stereocenters. The summed E-state index contributed by atoms with van der Waals surface area (Å²) in [4.78, 5) is 50.8. The van der Waals surface area contributed by atoms with Gasteiger partial charge in [0.2, 0.25) is 5.91 Å². The summed E-state index contributed by atoms with van der Waals surface area (Å²) in [6.07, 6.45) is 3.46. The van der Waals surface area contributed by atoms with Gasteiger partial charge in [-0.2, -0.15) is 0 Å². The topological polar surface area (TPSA) is 96.7 Å². The minimum atomic E-state index is -0.626. The van der Waals surface area contributed by atoms with E-state index in [2.05, 4.69) is 5.32 Å². The maximum atomic E-state index is 12.7. The molecule has 1 aromatic heterocycles. The molecule has 1 N–H and O–H groups in total. The standard InChI is InChI=1S/C23H18N2O5S/c1-2-14-7-9-16(10-8-14)24-20(26)12-25-22(28)19(31-23(25)29)11-15-13-30-18-6-4-3-5-17(18)21(15)27/h3-11,13H,2,12H2,1H3,(H,24,26)/b19-11-. The van der Waals surface area contributed by atoms with Crippen LogP contribution in [0.25, 0.3) is 17.0 Å². The minimum absolute atomic E-state index is 0.0627. The fourth-order valence-electron chi connectivity index (χ4n) is 3.14. The number of anilines is 1. The number of para-hydroxylation sites is 1. The first kappa shape index (κ1) is 20.6. The Morgan fingerprint density at radius 1 is 1.10 bits per heavy atom. The molecule has 0 unspecified atom stereocenters. The van der Waals surface area contributed by atoms with Gasteiger partial charge in [0.25, 0.3) is 11.1 Å². The molecule has 1 saturated heterocycles. The average molecular weight is 434 g/mol. The van der Waals surface area contributed by atoms with Gasteiger partial charge >= 0.3 is 0 Å². The third kappa shape index (κ3) is 4.29. The van der Waals surface area contributed by atoms with Gasteiger partial charge in [0.15, 0.2) is 5.43 Å². The van der Waals surface area contributed by atoms with Crippen LogP contribution in [0.4, 0.5) is 10.5 Å². The zero-order chi connectivity index (χ0) is 22.0. The molecular formula is C23H18N2O5S. The Kier molecular flexibility index (Phi) is 5.73. The van der Waals surface area contributed by atoms with Crippen LogP contribution in [0.1, 0.15) is 18.1 Å². The predicted molar refractivity (Wildman–Crippen MR) is 120 cm³/mol. The molecule has 0 spiro atoms. The second-order valence-electron chi connectivity index (χ2n) is 6.88. The summed E-state index contributed by atoms with van der Waals surface area (Å²) in [6.45, 7) is 1.62. The smallest absolute Gasteiger partial charge is 0.294 e. The summed E-state index contributed by atoms with van der Waals surface area (Å²) in [6, 6.07) is 14.1. The Labute approximate surface area is 181 Å². The number of imide groups is 1. The number of aryl methyl sites for hydroxylation is 1. The lowest BCUT2D eigenvalue weighted by Gasteiger charge is -2.12. The molecule has 1 fully saturated rings. The molecule has 31 heavy (non-hydrogen) atoms. The van der Waals surface area contributed by atoms with E-state index < -0.39 is 23.6 Å². The number of rotatable bonds is 5. The van der Waals surface area contributed by atoms with Crippen molar-refractivity contribution in [1.82, 2.24) is 4.90 Å². The van der Waals surface area contributed by atoms with Crippen molar-refractivity contribution in [3.63, 3.8) is 0 Å². The Balaban J connectivity index is 1.50. The summed E-state index contributed by atoms with van der Waals surface area (Å²) in [5.74, 6) is -1.11. The van der Waals surface area contributed by atoms with Gasteiger partial charge in [-0.1, -0.05) is 31.2 Å². The fourth-order valence-corrected chi connectivity index (χ4v) is 3.97. The highest BCUT2D eigenvalue weighted by molar-refractivity contribution is 8.18. The maximum Gasteiger partial charge on any atom is 0.294 e. The number of hydrogen-bond acceptors (Lipinski definition) is 6. The van der Waals surface area contributed by atoms with Crippen molar-refractivity contribution in [3.05, 3.63) is 81.0 Å². The number of thioether (sulfide) groups is 1. The predicted octanol–water partition coefficient (Wildman–Crippen LogP) is 4.03. The number of benzene rings is 2. The van der Waals surface area contributed by atoms with Crippen molar-refractivity contribution in [2.45, 2.75) is 13.3 Å². The molecule has 0 radical (unpaired) electrons. The molecule has 4 rings (SSSR count). The number of nitrogens with one attached hydrogen (secondary N) is 1. The highest BCUT2D eigenvalue weighted by Crippen LogP contribution is 2.32. The second-order valence-corrected chi connectivity index (χ2v) is 7.88. The van der Waals surface area contributed by atoms with Crippen molar-refractivity contribution in [2.75, 3.05) is 11.9 Å². The molecule has 0 aliphatic carbocycles. The number of amides is 3. The van der Waals surface area contributed by atoms with Crippen LogP contribution in [-0.4, -0.2) is 28.5 Å². The molecule has 2 heterocycles. The molecule has 3 aromatic rings. The minimum Gasteiger partial charge on any atom is -0.463 e. The van der Waals surface area contributed by atoms with E-state index >= 15 is 0 Å². The van der Waals surface area contributed by atoms with Gasteiger partial charge < -0.3 is 9.73 Å². The lowest BCUT2D eigenvalue weighted by Crippen LogP contribution is -2.36. The highest BCUT2D eigenvalue weighted by atomic mass is 32.2. The third-order valence-electron chi connectivity index (χ3n) is 4.81. The lowest BCUT2D eigenvalue weighted by molar-refractivity contribution is -0.127. The van der Waals surface area contributed by atoms with E-state index in [1.54, 1.807) is 36.4 Å². The van der Waals surface area contributed by atoms with Crippen LogP contribution < -0.4 is 10.7 Å². The average Bonchev–Trinajstić information content (AvgIpc) is 3.03. The molecule has 1 aliphatic heterocycles. The van der Waals surface area contributed by atoms with Crippen molar-refractivity contribution < 1.29 is 18.8 Å². The van der Waals surface area contributed by atoms with Crippen molar-refractivity contribution >= 4 is 51.5 Å². The van der Waals surface area contributed by atoms with Gasteiger partial charge in [0.05, 0.1) is 15.9 Å². The molecule has 0 bridgehead atoms. The number of fused-ring (bicyclic) bond motifs is 1. The summed E-state index contributed by atoms with van der Waals surface area (Å²) < 4.78 is 5.44. The molecule has 7 nitrogen and oxygen atoms in total. The van der Waals surface area contributed by atoms with Crippen LogP contribution in [0.3, 0.4) is 0 Å². The molecule has 156 valence electrons. The number of carbonyl (C=O) groups excluding carboxylic acids is 3. The fraction of sp³-hybridized carbons (Fsp3) is 0.130. The normalized spacial score (nSPS) is 15.1. The number of nitrogens with zero attached hydrogens (tertiary/aromatic N) is 1. The Morgan fingerprint density at radius 2 is 1.84 bits per heavy atom. The van der Waals surface area contributed by atoms with Gasteiger partial charge in [-0.05, 0) is 54.1 Å². The van der Waals surface area contributed by atoms with Crippen LogP contribution in [0.2, 0.25) is 0 Å². The van der Waals surface area contributed by atoms with Gasteiger partial charge in [-0.15, -0.1) is 0 Å². The van der Waals surface area contributed by atoms with Gasteiger partial charge in [0.1, 0.15) is 18.4 Å². The van der Waals surface area contributed by atoms with Gasteiger partial charge in [-0.25, -0.2) is 0 Å². The van der Waals surface area contributed by atoms with Gasteiger partial charge in [-0.3, -0.25) is 24.1 Å². The van der Waals surface area contributed by atoms with Crippen LogP contribution in [0.5, 0.6) is 0 Å². The van der Waals surface area contributed by atoms with E-state index in [-0.39, 0.29) is 15.9 Å². The van der Waals surface area contributed by atoms with Crippen molar-refractivity contribution in [2.24, 2.45) is 0 Å². The Hall–Kier alpha value is -3.65. The molecule has 3 amide bonds. The molecule has 1 aliphatic rings. The maximum absolute atomic E-state index is 12.7. The van der Waals surface area contributed by atoms with Crippen LogP contribution in [0.15, 0.2) is 68.9 Å². The molecule has 8 heteroatoms. The van der Waals surface area contributed by atoms with Crippen LogP contribution >= 0.6 is 11.8 Å². The summed E-state index contributed by atoms with van der Waals surface area (Å²) in [5.41, 5.74) is 2.00. The van der Waals surface area contributed by atoms with Crippen molar-refractivity contribution in [3.8, 4) is 0 Å². The monoisotopic (exact) mass is 434 g/mol. The largest absolute Gasteiger partial charge is 0.463 e. The van der Waals surface area contributed by atoms with E-state index in [9.17, 15) is 19.2 Å². The lowest BCUT2D eigenvalue weighted by atomic mass is 10.1. The first-order chi connectivity index (χ1) is 15.0. The van der Waals surface area contributed by atoms with E-state index in [1.165, 1.54) is 12.3 Å². The number of hydrogen-bond donors (Lipinski definition) is 1. The number of carbonyl (C=O) groups is 3. The first-order valence-corrected chi connectivity index (χ1v) is 10.4. The summed E-state index contributed by atoms with van der Waals surface area (Å²) in [7, 11) is 0. The van der Waals surface area contributed by atoms with E-state index in [0.29, 0.717) is 28.4 Å². The van der Waals surface area contributed by atoms with Crippen LogP contribution in [0, 0.1) is 0 Å². The third-order valence-corrected chi connectivity index (χ3v) is 5.72. The molecular weight excluding hydrogens is 416 g/mol.